The third-order valence-electron chi connectivity index (χ3n) is 1.96. The molecule has 0 saturated heterocycles. The molecule has 0 aromatic carbocycles. The number of nitrogens with zero attached hydrogens (tertiary/aromatic N) is 2. The first kappa shape index (κ1) is 9.58. The number of carbonyl (C=O) groups excluding carboxylic acids is 1. The van der Waals surface area contributed by atoms with Crippen molar-refractivity contribution in [1.82, 2.24) is 9.97 Å². The van der Waals surface area contributed by atoms with Gasteiger partial charge < -0.3 is 4.42 Å². The van der Waals surface area contributed by atoms with Crippen molar-refractivity contribution in [3.63, 3.8) is 0 Å². The van der Waals surface area contributed by atoms with E-state index in [2.05, 4.69) is 9.97 Å². The molecule has 0 atom stereocenters. The molecule has 0 bridgehead atoms. The number of aryl methyl sites for hydroxylation is 1. The molecule has 0 spiro atoms. The minimum atomic E-state index is -0.153. The Morgan fingerprint density at radius 2 is 2.13 bits per heavy atom. The lowest BCUT2D eigenvalue weighted by Crippen LogP contribution is -2.00. The van der Waals surface area contributed by atoms with E-state index in [1.807, 2.05) is 19.1 Å². The van der Waals surface area contributed by atoms with Crippen LogP contribution in [0.4, 0.5) is 0 Å². The van der Waals surface area contributed by atoms with Gasteiger partial charge in [0.25, 0.3) is 0 Å². The standard InChI is InChI=1S/C11H10N2O2/c1-7-3-4-10(15-7)9-5-6-12-11(13-9)8(2)14/h3-6H,1-2H3. The van der Waals surface area contributed by atoms with Crippen molar-refractivity contribution in [1.29, 1.82) is 0 Å². The van der Waals surface area contributed by atoms with Crippen LogP contribution in [0, 0.1) is 6.92 Å². The topological polar surface area (TPSA) is 56.0 Å². The maximum atomic E-state index is 11.1. The summed E-state index contributed by atoms with van der Waals surface area (Å²) in [6, 6.07) is 5.39. The van der Waals surface area contributed by atoms with Crippen LogP contribution in [0.25, 0.3) is 11.5 Å². The highest BCUT2D eigenvalue weighted by Crippen LogP contribution is 2.19. The molecule has 0 aliphatic carbocycles. The van der Waals surface area contributed by atoms with Crippen molar-refractivity contribution < 1.29 is 9.21 Å². The number of Topliss-reactive ketones (excluding diaryl/α,β-unsaturated/α-hetero) is 1. The predicted molar refractivity (Wildman–Crippen MR) is 54.5 cm³/mol. The first-order chi connectivity index (χ1) is 7.16. The molecule has 2 heterocycles. The average molecular weight is 202 g/mol. The molecular formula is C11H10N2O2. The van der Waals surface area contributed by atoms with Crippen LogP contribution in [0.15, 0.2) is 28.8 Å². The fraction of sp³-hybridized carbons (Fsp3) is 0.182. The van der Waals surface area contributed by atoms with Crippen molar-refractivity contribution in [2.45, 2.75) is 13.8 Å². The lowest BCUT2D eigenvalue weighted by atomic mass is 10.3. The van der Waals surface area contributed by atoms with E-state index in [0.29, 0.717) is 11.5 Å². The fourth-order valence-electron chi connectivity index (χ4n) is 1.24. The van der Waals surface area contributed by atoms with Crippen LogP contribution < -0.4 is 0 Å². The number of carbonyl (C=O) groups is 1. The molecule has 2 aromatic heterocycles. The van der Waals surface area contributed by atoms with Crippen LogP contribution in [0.5, 0.6) is 0 Å². The Morgan fingerprint density at radius 1 is 1.33 bits per heavy atom. The van der Waals surface area contributed by atoms with Gasteiger partial charge >= 0.3 is 0 Å². The van der Waals surface area contributed by atoms with Crippen molar-refractivity contribution in [3.05, 3.63) is 36.0 Å². The second-order valence-corrected chi connectivity index (χ2v) is 3.23. The average Bonchev–Trinajstić information content (AvgIpc) is 2.65. The molecule has 0 unspecified atom stereocenters. The number of furan rings is 1. The Kier molecular flexibility index (Phi) is 2.33. The molecule has 0 saturated carbocycles. The molecule has 76 valence electrons. The van der Waals surface area contributed by atoms with E-state index < -0.39 is 0 Å². The van der Waals surface area contributed by atoms with E-state index >= 15 is 0 Å². The molecule has 4 nitrogen and oxygen atoms in total. The summed E-state index contributed by atoms with van der Waals surface area (Å²) in [5.74, 6) is 1.52. The predicted octanol–water partition coefficient (Wildman–Crippen LogP) is 2.25. The summed E-state index contributed by atoms with van der Waals surface area (Å²) < 4.78 is 5.40. The van der Waals surface area contributed by atoms with E-state index in [4.69, 9.17) is 4.42 Å². The van der Waals surface area contributed by atoms with Gasteiger partial charge in [0.2, 0.25) is 0 Å². The first-order valence-electron chi connectivity index (χ1n) is 4.57. The summed E-state index contributed by atoms with van der Waals surface area (Å²) in [4.78, 5) is 19.0. The van der Waals surface area contributed by atoms with Crippen LogP contribution >= 0.6 is 0 Å². The van der Waals surface area contributed by atoms with Crippen molar-refractivity contribution in [2.24, 2.45) is 0 Å². The SMILES string of the molecule is CC(=O)c1nccc(-c2ccc(C)o2)n1. The van der Waals surface area contributed by atoms with Gasteiger partial charge in [0.05, 0.1) is 0 Å². The van der Waals surface area contributed by atoms with Gasteiger partial charge in [-0.15, -0.1) is 0 Å². The van der Waals surface area contributed by atoms with E-state index in [0.717, 1.165) is 5.76 Å². The van der Waals surface area contributed by atoms with Crippen molar-refractivity contribution in [2.75, 3.05) is 0 Å². The quantitative estimate of drug-likeness (QED) is 0.701. The molecule has 0 radical (unpaired) electrons. The molecule has 2 rings (SSSR count). The maximum absolute atomic E-state index is 11.1. The Balaban J connectivity index is 2.45. The van der Waals surface area contributed by atoms with Crippen LogP contribution in [-0.2, 0) is 0 Å². The second-order valence-electron chi connectivity index (χ2n) is 3.23. The molecule has 0 aliphatic rings. The van der Waals surface area contributed by atoms with Gasteiger partial charge in [-0.1, -0.05) is 0 Å². The van der Waals surface area contributed by atoms with E-state index in [-0.39, 0.29) is 11.6 Å². The van der Waals surface area contributed by atoms with Gasteiger partial charge in [-0.2, -0.15) is 0 Å². The minimum absolute atomic E-state index is 0.153. The normalized spacial score (nSPS) is 10.3. The number of ketones is 1. The summed E-state index contributed by atoms with van der Waals surface area (Å²) in [7, 11) is 0. The number of hydrogen-bond donors (Lipinski definition) is 0. The zero-order valence-corrected chi connectivity index (χ0v) is 8.52. The van der Waals surface area contributed by atoms with Gasteiger partial charge in [0, 0.05) is 13.1 Å². The molecule has 15 heavy (non-hydrogen) atoms. The molecule has 2 aromatic rings. The van der Waals surface area contributed by atoms with E-state index in [1.54, 1.807) is 12.3 Å². The van der Waals surface area contributed by atoms with Gasteiger partial charge in [-0.25, -0.2) is 9.97 Å². The van der Waals surface area contributed by atoms with Gasteiger partial charge in [0.1, 0.15) is 11.5 Å². The summed E-state index contributed by atoms with van der Waals surface area (Å²) in [5, 5.41) is 0. The number of rotatable bonds is 2. The Morgan fingerprint density at radius 3 is 2.73 bits per heavy atom. The molecule has 0 amide bonds. The minimum Gasteiger partial charge on any atom is -0.460 e. The zero-order valence-electron chi connectivity index (χ0n) is 8.52. The number of hydrogen-bond acceptors (Lipinski definition) is 4. The van der Waals surface area contributed by atoms with Gasteiger partial charge in [-0.3, -0.25) is 4.79 Å². The van der Waals surface area contributed by atoms with Crippen LogP contribution in [0.2, 0.25) is 0 Å². The fourth-order valence-corrected chi connectivity index (χ4v) is 1.24. The monoisotopic (exact) mass is 202 g/mol. The highest BCUT2D eigenvalue weighted by molar-refractivity contribution is 5.90. The van der Waals surface area contributed by atoms with Gasteiger partial charge in [-0.05, 0) is 25.1 Å². The zero-order chi connectivity index (χ0) is 10.8. The van der Waals surface area contributed by atoms with Crippen LogP contribution in [0.1, 0.15) is 23.3 Å². The van der Waals surface area contributed by atoms with E-state index in [9.17, 15) is 4.79 Å². The van der Waals surface area contributed by atoms with E-state index in [1.165, 1.54) is 6.92 Å². The summed E-state index contributed by atoms with van der Waals surface area (Å²) in [6.45, 7) is 3.29. The molecule has 0 aliphatic heterocycles. The second kappa shape index (κ2) is 3.65. The third kappa shape index (κ3) is 1.93. The first-order valence-corrected chi connectivity index (χ1v) is 4.57. The molecule has 0 N–H and O–H groups in total. The summed E-state index contributed by atoms with van der Waals surface area (Å²) in [6.07, 6.45) is 1.55. The Labute approximate surface area is 87.0 Å². The molecular weight excluding hydrogens is 192 g/mol. The highest BCUT2D eigenvalue weighted by atomic mass is 16.3. The Bertz CT molecular complexity index is 503. The molecule has 0 fully saturated rings. The molecule has 4 heteroatoms. The van der Waals surface area contributed by atoms with Crippen molar-refractivity contribution >= 4 is 5.78 Å². The summed E-state index contributed by atoms with van der Waals surface area (Å²) >= 11 is 0. The van der Waals surface area contributed by atoms with Crippen LogP contribution in [0.3, 0.4) is 0 Å². The van der Waals surface area contributed by atoms with Crippen LogP contribution in [-0.4, -0.2) is 15.8 Å². The lowest BCUT2D eigenvalue weighted by Gasteiger charge is -1.97. The maximum Gasteiger partial charge on any atom is 0.196 e. The third-order valence-corrected chi connectivity index (χ3v) is 1.96. The highest BCUT2D eigenvalue weighted by Gasteiger charge is 2.08. The largest absolute Gasteiger partial charge is 0.460 e. The summed E-state index contributed by atoms with van der Waals surface area (Å²) in [5.41, 5.74) is 0.628. The van der Waals surface area contributed by atoms with Crippen molar-refractivity contribution in [3.8, 4) is 11.5 Å². The lowest BCUT2D eigenvalue weighted by molar-refractivity contribution is 0.100. The van der Waals surface area contributed by atoms with Gasteiger partial charge in [0.15, 0.2) is 17.4 Å². The number of aromatic nitrogens is 2. The smallest absolute Gasteiger partial charge is 0.196 e. The Hall–Kier alpha value is -1.97.